The molecule has 5 nitrogen and oxygen atoms in total. The van der Waals surface area contributed by atoms with E-state index in [1.807, 2.05) is 43.3 Å². The zero-order valence-corrected chi connectivity index (χ0v) is 21.5. The third-order valence-corrected chi connectivity index (χ3v) is 7.28. The van der Waals surface area contributed by atoms with E-state index < -0.39 is 0 Å². The number of carbonyl (C=O) groups excluding carboxylic acids is 1. The van der Waals surface area contributed by atoms with Gasteiger partial charge in [0.05, 0.1) is 6.04 Å². The Bertz CT molecular complexity index is 1080. The zero-order valence-electron chi connectivity index (χ0n) is 21.5. The molecule has 3 aromatic rings. The van der Waals surface area contributed by atoms with Crippen LogP contribution in [0.4, 0.5) is 0 Å². The Morgan fingerprint density at radius 1 is 0.914 bits per heavy atom. The van der Waals surface area contributed by atoms with Gasteiger partial charge in [-0.25, -0.2) is 0 Å². The molecule has 1 aromatic heterocycles. The molecule has 0 N–H and O–H groups in total. The molecule has 1 aliphatic rings. The predicted molar refractivity (Wildman–Crippen MR) is 142 cm³/mol. The second-order valence-electron chi connectivity index (χ2n) is 9.56. The summed E-state index contributed by atoms with van der Waals surface area (Å²) < 4.78 is 0. The van der Waals surface area contributed by atoms with Crippen molar-refractivity contribution < 1.29 is 4.79 Å². The quantitative estimate of drug-likeness (QED) is 0.451. The molecule has 5 heteroatoms. The van der Waals surface area contributed by atoms with Crippen LogP contribution in [0.1, 0.15) is 60.8 Å². The molecule has 184 valence electrons. The largest absolute Gasteiger partial charge is 0.339 e. The van der Waals surface area contributed by atoms with E-state index in [1.54, 1.807) is 0 Å². The number of rotatable bonds is 8. The van der Waals surface area contributed by atoms with E-state index in [1.165, 1.54) is 11.1 Å². The van der Waals surface area contributed by atoms with Crippen molar-refractivity contribution in [3.8, 4) is 0 Å². The van der Waals surface area contributed by atoms with Crippen molar-refractivity contribution >= 4 is 5.91 Å². The van der Waals surface area contributed by atoms with Gasteiger partial charge in [0.2, 0.25) is 0 Å². The molecule has 2 aromatic carbocycles. The number of aromatic nitrogens is 1. The van der Waals surface area contributed by atoms with E-state index in [2.05, 4.69) is 83.2 Å². The highest BCUT2D eigenvalue weighted by atomic mass is 16.2. The summed E-state index contributed by atoms with van der Waals surface area (Å²) in [6.07, 6.45) is 3.74. The number of amides is 1. The molecule has 0 unspecified atom stereocenters. The van der Waals surface area contributed by atoms with Crippen molar-refractivity contribution in [1.29, 1.82) is 0 Å². The molecule has 35 heavy (non-hydrogen) atoms. The van der Waals surface area contributed by atoms with Crippen molar-refractivity contribution in [3.63, 3.8) is 0 Å². The number of hydrogen-bond acceptors (Lipinski definition) is 4. The van der Waals surface area contributed by atoms with Gasteiger partial charge in [-0.1, -0.05) is 48.5 Å². The summed E-state index contributed by atoms with van der Waals surface area (Å²) in [5.74, 6) is 0.114. The van der Waals surface area contributed by atoms with Crippen LogP contribution in [0, 0.1) is 0 Å². The lowest BCUT2D eigenvalue weighted by atomic mass is 9.90. The highest BCUT2D eigenvalue weighted by molar-refractivity contribution is 5.96. The molecule has 0 bridgehead atoms. The molecule has 3 atom stereocenters. The van der Waals surface area contributed by atoms with Crippen LogP contribution in [0.3, 0.4) is 0 Å². The van der Waals surface area contributed by atoms with E-state index in [4.69, 9.17) is 0 Å². The third-order valence-electron chi connectivity index (χ3n) is 7.28. The van der Waals surface area contributed by atoms with E-state index >= 15 is 0 Å². The highest BCUT2D eigenvalue weighted by Crippen LogP contribution is 2.35. The Morgan fingerprint density at radius 2 is 1.57 bits per heavy atom. The minimum absolute atomic E-state index is 0.0208. The maximum atomic E-state index is 13.5. The smallest absolute Gasteiger partial charge is 0.254 e. The first-order chi connectivity index (χ1) is 17.0. The number of piperazine rings is 1. The average molecular weight is 471 g/mol. The first kappa shape index (κ1) is 25.1. The molecule has 0 aliphatic carbocycles. The lowest BCUT2D eigenvalue weighted by molar-refractivity contribution is 0.0192. The van der Waals surface area contributed by atoms with Crippen LogP contribution < -0.4 is 0 Å². The fourth-order valence-corrected chi connectivity index (χ4v) is 5.32. The Balaban J connectivity index is 1.69. The van der Waals surface area contributed by atoms with Gasteiger partial charge in [-0.05, 0) is 62.6 Å². The van der Waals surface area contributed by atoms with Gasteiger partial charge in [0.1, 0.15) is 0 Å². The number of carbonyl (C=O) groups is 1. The predicted octanol–water partition coefficient (Wildman–Crippen LogP) is 5.25. The fourth-order valence-electron chi connectivity index (χ4n) is 5.32. The number of hydrogen-bond donors (Lipinski definition) is 0. The minimum Gasteiger partial charge on any atom is -0.339 e. The molecule has 1 saturated heterocycles. The molecule has 2 heterocycles. The summed E-state index contributed by atoms with van der Waals surface area (Å²) >= 11 is 0. The Morgan fingerprint density at radius 3 is 2.26 bits per heavy atom. The molecule has 1 fully saturated rings. The van der Waals surface area contributed by atoms with Gasteiger partial charge in [-0.15, -0.1) is 0 Å². The van der Waals surface area contributed by atoms with Crippen LogP contribution in [-0.4, -0.2) is 63.9 Å². The minimum atomic E-state index is 0.0208. The van der Waals surface area contributed by atoms with Gasteiger partial charge in [0.15, 0.2) is 0 Å². The molecule has 4 rings (SSSR count). The van der Waals surface area contributed by atoms with Crippen LogP contribution in [0.2, 0.25) is 0 Å². The maximum Gasteiger partial charge on any atom is 0.254 e. The van der Waals surface area contributed by atoms with Crippen molar-refractivity contribution in [2.24, 2.45) is 0 Å². The standard InChI is InChI=1S/C30H38N4O/c1-5-32(6-2)30(35)28-15-11-10-14-27(28)29(26-12-8-7-9-13-26)34-21-23(3)33(20-24(34)4)22-25-16-18-31-19-17-25/h7-19,23-24,29H,5-6,20-22H2,1-4H3/t23-,24+,29+/m1/s1. The number of benzene rings is 2. The van der Waals surface area contributed by atoms with Crippen LogP contribution in [0.25, 0.3) is 0 Å². The molecule has 1 aliphatic heterocycles. The van der Waals surface area contributed by atoms with Crippen LogP contribution >= 0.6 is 0 Å². The Kier molecular flexibility index (Phi) is 8.32. The maximum absolute atomic E-state index is 13.5. The molecule has 0 saturated carbocycles. The van der Waals surface area contributed by atoms with E-state index in [0.29, 0.717) is 25.2 Å². The highest BCUT2D eigenvalue weighted by Gasteiger charge is 2.36. The molecule has 1 amide bonds. The Hall–Kier alpha value is -3.02. The SMILES string of the molecule is CCN(CC)C(=O)c1ccccc1[C@H](c1ccccc1)N1C[C@@H](C)N(Cc2ccncc2)C[C@@H]1C. The second-order valence-corrected chi connectivity index (χ2v) is 9.56. The normalized spacial score (nSPS) is 19.9. The van der Waals surface area contributed by atoms with Gasteiger partial charge in [-0.2, -0.15) is 0 Å². The Labute approximate surface area is 210 Å². The van der Waals surface area contributed by atoms with Gasteiger partial charge >= 0.3 is 0 Å². The first-order valence-corrected chi connectivity index (χ1v) is 12.8. The lowest BCUT2D eigenvalue weighted by Gasteiger charge is -2.48. The third kappa shape index (κ3) is 5.63. The molecular formula is C30H38N4O. The van der Waals surface area contributed by atoms with Crippen LogP contribution in [0.15, 0.2) is 79.1 Å². The summed E-state index contributed by atoms with van der Waals surface area (Å²) in [6, 6.07) is 23.8. The lowest BCUT2D eigenvalue weighted by Crippen LogP contribution is -2.57. The van der Waals surface area contributed by atoms with E-state index in [-0.39, 0.29) is 11.9 Å². The number of pyridine rings is 1. The van der Waals surface area contributed by atoms with Gasteiger partial charge in [0, 0.05) is 62.8 Å². The summed E-state index contributed by atoms with van der Waals surface area (Å²) in [7, 11) is 0. The van der Waals surface area contributed by atoms with Crippen molar-refractivity contribution in [2.45, 2.75) is 52.4 Å². The molecule has 0 spiro atoms. The summed E-state index contributed by atoms with van der Waals surface area (Å²) in [4.78, 5) is 24.8. The topological polar surface area (TPSA) is 39.7 Å². The number of nitrogens with zero attached hydrogens (tertiary/aromatic N) is 4. The monoisotopic (exact) mass is 470 g/mol. The molecular weight excluding hydrogens is 432 g/mol. The van der Waals surface area contributed by atoms with Crippen molar-refractivity contribution in [2.75, 3.05) is 26.2 Å². The van der Waals surface area contributed by atoms with Gasteiger partial charge in [-0.3, -0.25) is 19.6 Å². The average Bonchev–Trinajstić information content (AvgIpc) is 2.89. The summed E-state index contributed by atoms with van der Waals surface area (Å²) in [6.45, 7) is 13.0. The van der Waals surface area contributed by atoms with Gasteiger partial charge in [0.25, 0.3) is 5.91 Å². The van der Waals surface area contributed by atoms with E-state index in [9.17, 15) is 4.79 Å². The van der Waals surface area contributed by atoms with E-state index in [0.717, 1.165) is 30.8 Å². The van der Waals surface area contributed by atoms with Crippen LogP contribution in [-0.2, 0) is 6.54 Å². The van der Waals surface area contributed by atoms with Crippen molar-refractivity contribution in [3.05, 3.63) is 101 Å². The fraction of sp³-hybridized carbons (Fsp3) is 0.400. The summed E-state index contributed by atoms with van der Waals surface area (Å²) in [5.41, 5.74) is 4.43. The second kappa shape index (κ2) is 11.6. The zero-order chi connectivity index (χ0) is 24.8. The first-order valence-electron chi connectivity index (χ1n) is 12.8. The molecule has 0 radical (unpaired) electrons. The van der Waals surface area contributed by atoms with Crippen LogP contribution in [0.5, 0.6) is 0 Å². The van der Waals surface area contributed by atoms with Gasteiger partial charge < -0.3 is 4.90 Å². The van der Waals surface area contributed by atoms with Crippen molar-refractivity contribution in [1.82, 2.24) is 19.7 Å². The summed E-state index contributed by atoms with van der Waals surface area (Å²) in [5, 5.41) is 0.